The molecule has 0 fully saturated rings. The van der Waals surface area contributed by atoms with Gasteiger partial charge in [0, 0.05) is 35.7 Å². The molecule has 2 aliphatic heterocycles. The summed E-state index contributed by atoms with van der Waals surface area (Å²) in [6.07, 6.45) is 5.68. The topological polar surface area (TPSA) is 58.9 Å². The van der Waals surface area contributed by atoms with Gasteiger partial charge in [0.2, 0.25) is 0 Å². The zero-order valence-electron chi connectivity index (χ0n) is 8.18. The molecule has 0 bridgehead atoms. The number of carbonyl (C=O) groups excluding carboxylic acids is 2. The van der Waals surface area contributed by atoms with Crippen LogP contribution in [0.15, 0.2) is 46.7 Å². The van der Waals surface area contributed by atoms with Crippen LogP contribution < -0.4 is 10.7 Å². The zero-order valence-corrected chi connectivity index (χ0v) is 8.18. The van der Waals surface area contributed by atoms with Gasteiger partial charge in [0.25, 0.3) is 0 Å². The van der Waals surface area contributed by atoms with Gasteiger partial charge in [0.15, 0.2) is 11.6 Å². The van der Waals surface area contributed by atoms with Crippen LogP contribution in [-0.4, -0.2) is 11.6 Å². The normalized spacial score (nSPS) is 16.2. The summed E-state index contributed by atoms with van der Waals surface area (Å²) in [6, 6.07) is 3.22. The third kappa shape index (κ3) is 1.16. The molecule has 4 nitrogen and oxygen atoms in total. The molecule has 76 valence electrons. The standard InChI is InChI=1S/C12H6N2O2/c15-11-1-3-13-9-6-8-10(5-7(9)11)14-4-2-12(8)16/h1-6H. The Bertz CT molecular complexity index is 635. The first-order valence-electron chi connectivity index (χ1n) is 4.77. The average Bonchev–Trinajstić information content (AvgIpc) is 2.29. The van der Waals surface area contributed by atoms with Gasteiger partial charge in [-0.05, 0) is 12.1 Å². The van der Waals surface area contributed by atoms with E-state index in [1.807, 2.05) is 0 Å². The average molecular weight is 210 g/mol. The number of rotatable bonds is 0. The van der Waals surface area contributed by atoms with E-state index in [1.165, 1.54) is 24.6 Å². The Balaban J connectivity index is 2.43. The molecule has 2 aliphatic rings. The Morgan fingerprint density at radius 1 is 0.750 bits per heavy atom. The Kier molecular flexibility index (Phi) is 1.71. The van der Waals surface area contributed by atoms with Crippen molar-refractivity contribution in [1.82, 2.24) is 0 Å². The second-order valence-electron chi connectivity index (χ2n) is 3.50. The lowest BCUT2D eigenvalue weighted by Crippen LogP contribution is -2.27. The third-order valence-corrected chi connectivity index (χ3v) is 2.52. The minimum Gasteiger partial charge on any atom is -0.289 e. The van der Waals surface area contributed by atoms with Crippen molar-refractivity contribution in [3.05, 3.63) is 58.5 Å². The smallest absolute Gasteiger partial charge is 0.189 e. The van der Waals surface area contributed by atoms with E-state index in [-0.39, 0.29) is 11.6 Å². The van der Waals surface area contributed by atoms with Crippen LogP contribution in [0, 0.1) is 0 Å². The Morgan fingerprint density at radius 2 is 1.19 bits per heavy atom. The highest BCUT2D eigenvalue weighted by Crippen LogP contribution is 2.03. The molecule has 2 heterocycles. The fraction of sp³-hybridized carbons (Fsp3) is 0. The maximum absolute atomic E-state index is 11.6. The number of benzene rings is 1. The van der Waals surface area contributed by atoms with Crippen LogP contribution in [0.25, 0.3) is 0 Å². The van der Waals surface area contributed by atoms with Gasteiger partial charge in [0.1, 0.15) is 0 Å². The fourth-order valence-corrected chi connectivity index (χ4v) is 1.74. The molecule has 1 aromatic carbocycles. The van der Waals surface area contributed by atoms with E-state index in [9.17, 15) is 9.59 Å². The van der Waals surface area contributed by atoms with Gasteiger partial charge < -0.3 is 0 Å². The second kappa shape index (κ2) is 3.06. The molecule has 0 amide bonds. The first-order chi connectivity index (χ1) is 7.75. The fourth-order valence-electron chi connectivity index (χ4n) is 1.74. The molecule has 0 spiro atoms. The monoisotopic (exact) mass is 210 g/mol. The molecule has 0 unspecified atom stereocenters. The van der Waals surface area contributed by atoms with Crippen LogP contribution >= 0.6 is 0 Å². The Hall–Kier alpha value is -2.36. The molecular formula is C12H6N2O2. The van der Waals surface area contributed by atoms with Crippen molar-refractivity contribution in [2.75, 3.05) is 0 Å². The molecule has 3 rings (SSSR count). The highest BCUT2D eigenvalue weighted by molar-refractivity contribution is 6.07. The van der Waals surface area contributed by atoms with Gasteiger partial charge in [-0.2, -0.15) is 0 Å². The maximum atomic E-state index is 11.6. The van der Waals surface area contributed by atoms with Gasteiger partial charge in [-0.3, -0.25) is 19.6 Å². The number of hydrogen-bond donors (Lipinski definition) is 0. The Morgan fingerprint density at radius 3 is 1.62 bits per heavy atom. The maximum Gasteiger partial charge on any atom is 0.189 e. The SMILES string of the molecule is O=C1C=CN=c2cc3c(cc21)=NC=CC3=O. The first kappa shape index (κ1) is 8.91. The van der Waals surface area contributed by atoms with Crippen molar-refractivity contribution in [3.63, 3.8) is 0 Å². The van der Waals surface area contributed by atoms with E-state index in [1.54, 1.807) is 12.1 Å². The lowest BCUT2D eigenvalue weighted by molar-refractivity contribution is 0.103. The van der Waals surface area contributed by atoms with E-state index in [0.717, 1.165) is 0 Å². The van der Waals surface area contributed by atoms with Gasteiger partial charge in [-0.1, -0.05) is 0 Å². The van der Waals surface area contributed by atoms with Crippen molar-refractivity contribution >= 4 is 11.6 Å². The van der Waals surface area contributed by atoms with Crippen LogP contribution in [0.2, 0.25) is 0 Å². The molecule has 0 aromatic heterocycles. The van der Waals surface area contributed by atoms with E-state index in [4.69, 9.17) is 0 Å². The summed E-state index contributed by atoms with van der Waals surface area (Å²) < 4.78 is 0. The molecule has 0 saturated heterocycles. The van der Waals surface area contributed by atoms with Crippen LogP contribution in [0.4, 0.5) is 0 Å². The minimum absolute atomic E-state index is 0.106. The highest BCUT2D eigenvalue weighted by atomic mass is 16.1. The summed E-state index contributed by atoms with van der Waals surface area (Å²) in [5, 5.41) is 1.07. The molecular weight excluding hydrogens is 204 g/mol. The number of fused-ring (bicyclic) bond motifs is 2. The zero-order chi connectivity index (χ0) is 11.1. The number of carbonyl (C=O) groups is 2. The molecule has 16 heavy (non-hydrogen) atoms. The minimum atomic E-state index is -0.106. The predicted octanol–water partition coefficient (Wildman–Crippen LogP) is 0.346. The van der Waals surface area contributed by atoms with Crippen molar-refractivity contribution in [2.45, 2.75) is 0 Å². The first-order valence-corrected chi connectivity index (χ1v) is 4.77. The van der Waals surface area contributed by atoms with Crippen LogP contribution in [-0.2, 0) is 0 Å². The summed E-state index contributed by atoms with van der Waals surface area (Å²) in [6.45, 7) is 0. The van der Waals surface area contributed by atoms with E-state index in [2.05, 4.69) is 9.98 Å². The number of ketones is 2. The van der Waals surface area contributed by atoms with Gasteiger partial charge in [0.05, 0.1) is 10.7 Å². The van der Waals surface area contributed by atoms with Gasteiger partial charge >= 0.3 is 0 Å². The van der Waals surface area contributed by atoms with E-state index < -0.39 is 0 Å². The summed E-state index contributed by atoms with van der Waals surface area (Å²) in [5.41, 5.74) is 0.987. The van der Waals surface area contributed by atoms with E-state index in [0.29, 0.717) is 21.8 Å². The molecule has 4 heteroatoms. The third-order valence-electron chi connectivity index (χ3n) is 2.52. The molecule has 0 saturated carbocycles. The predicted molar refractivity (Wildman–Crippen MR) is 55.7 cm³/mol. The molecule has 0 aliphatic carbocycles. The van der Waals surface area contributed by atoms with Crippen molar-refractivity contribution < 1.29 is 9.59 Å². The largest absolute Gasteiger partial charge is 0.289 e. The quantitative estimate of drug-likeness (QED) is 0.620. The van der Waals surface area contributed by atoms with Crippen LogP contribution in [0.3, 0.4) is 0 Å². The van der Waals surface area contributed by atoms with Crippen LogP contribution in [0.1, 0.15) is 20.7 Å². The molecule has 0 N–H and O–H groups in total. The number of allylic oxidation sites excluding steroid dienone is 2. The van der Waals surface area contributed by atoms with Crippen molar-refractivity contribution in [1.29, 1.82) is 0 Å². The second-order valence-corrected chi connectivity index (χ2v) is 3.50. The molecule has 0 atom stereocenters. The van der Waals surface area contributed by atoms with Gasteiger partial charge in [-0.15, -0.1) is 0 Å². The lowest BCUT2D eigenvalue weighted by Gasteiger charge is -2.06. The van der Waals surface area contributed by atoms with Crippen LogP contribution in [0.5, 0.6) is 0 Å². The summed E-state index contributed by atoms with van der Waals surface area (Å²) >= 11 is 0. The highest BCUT2D eigenvalue weighted by Gasteiger charge is 2.15. The molecule has 1 aromatic rings. The van der Waals surface area contributed by atoms with Crippen molar-refractivity contribution in [3.8, 4) is 0 Å². The number of hydrogen-bond acceptors (Lipinski definition) is 4. The van der Waals surface area contributed by atoms with Gasteiger partial charge in [-0.25, -0.2) is 0 Å². The summed E-state index contributed by atoms with van der Waals surface area (Å²) in [7, 11) is 0. The van der Waals surface area contributed by atoms with Crippen molar-refractivity contribution in [2.24, 2.45) is 9.98 Å². The summed E-state index contributed by atoms with van der Waals surface area (Å²) in [5.74, 6) is -0.213. The number of nitrogens with zero attached hydrogens (tertiary/aromatic N) is 2. The van der Waals surface area contributed by atoms with E-state index >= 15 is 0 Å². The Labute approximate surface area is 90.3 Å². The summed E-state index contributed by atoms with van der Waals surface area (Å²) in [4.78, 5) is 31.3. The lowest BCUT2D eigenvalue weighted by atomic mass is 10.0. The molecule has 0 radical (unpaired) electrons.